The molecule has 0 saturated carbocycles. The molecule has 142 valence electrons. The Kier molecular flexibility index (Phi) is 7.35. The van der Waals surface area contributed by atoms with Crippen LogP contribution >= 0.6 is 0 Å². The van der Waals surface area contributed by atoms with E-state index < -0.39 is 10.0 Å². The molecule has 2 rings (SSSR count). The molecule has 8 heteroatoms. The smallest absolute Gasteiger partial charge is 0.238 e. The molecule has 26 heavy (non-hydrogen) atoms. The summed E-state index contributed by atoms with van der Waals surface area (Å²) in [6, 6.07) is 8.51. The van der Waals surface area contributed by atoms with Crippen molar-refractivity contribution in [1.82, 2.24) is 9.97 Å². The van der Waals surface area contributed by atoms with E-state index in [4.69, 9.17) is 5.14 Å². The first-order valence-corrected chi connectivity index (χ1v) is 10.4. The van der Waals surface area contributed by atoms with E-state index in [0.29, 0.717) is 12.5 Å². The maximum atomic E-state index is 11.3. The second-order valence-corrected chi connectivity index (χ2v) is 7.65. The normalized spacial score (nSPS) is 11.3. The van der Waals surface area contributed by atoms with Crippen LogP contribution in [0.4, 0.5) is 11.8 Å². The highest BCUT2D eigenvalue weighted by atomic mass is 32.2. The third-order valence-electron chi connectivity index (χ3n) is 3.90. The fourth-order valence-electron chi connectivity index (χ4n) is 2.66. The number of hydrogen-bond donors (Lipinski definition) is 2. The van der Waals surface area contributed by atoms with Crippen molar-refractivity contribution in [1.29, 1.82) is 0 Å². The molecule has 0 aliphatic heterocycles. The molecule has 1 aromatic heterocycles. The van der Waals surface area contributed by atoms with Gasteiger partial charge in [-0.2, -0.15) is 4.98 Å². The Balaban J connectivity index is 1.94. The summed E-state index contributed by atoms with van der Waals surface area (Å²) in [7, 11) is -3.65. The summed E-state index contributed by atoms with van der Waals surface area (Å²) < 4.78 is 22.5. The first-order valence-electron chi connectivity index (χ1n) is 8.87. The largest absolute Gasteiger partial charge is 0.356 e. The van der Waals surface area contributed by atoms with Crippen molar-refractivity contribution >= 4 is 21.8 Å². The molecule has 0 fully saturated rings. The lowest BCUT2D eigenvalue weighted by atomic mass is 10.1. The first-order chi connectivity index (χ1) is 12.4. The molecule has 0 bridgehead atoms. The molecular formula is C18H27N5O2S. The zero-order chi connectivity index (χ0) is 19.0. The number of benzene rings is 1. The molecule has 0 saturated heterocycles. The summed E-state index contributed by atoms with van der Waals surface area (Å²) in [5, 5.41) is 8.33. The molecule has 0 aliphatic rings. The predicted octanol–water partition coefficient (Wildman–Crippen LogP) is 2.41. The van der Waals surface area contributed by atoms with Crippen molar-refractivity contribution in [2.45, 2.75) is 38.0 Å². The Morgan fingerprint density at radius 2 is 1.73 bits per heavy atom. The number of hydrogen-bond acceptors (Lipinski definition) is 6. The molecule has 0 spiro atoms. The standard InChI is InChI=1S/C18H27N5O2S/c1-3-13-23(14-4-2)17-10-12-21-18(22-17)20-11-9-15-5-7-16(8-6-15)26(19,24)25/h5-8,10,12H,3-4,9,11,13-14H2,1-2H3,(H2,19,24,25)(H,20,21,22). The van der Waals surface area contributed by atoms with Crippen molar-refractivity contribution in [3.8, 4) is 0 Å². The molecular weight excluding hydrogens is 350 g/mol. The molecule has 2 aromatic rings. The lowest BCUT2D eigenvalue weighted by Gasteiger charge is -2.22. The summed E-state index contributed by atoms with van der Waals surface area (Å²) in [6.07, 6.45) is 4.64. The van der Waals surface area contributed by atoms with Crippen molar-refractivity contribution in [3.63, 3.8) is 0 Å². The fraction of sp³-hybridized carbons (Fsp3) is 0.444. The van der Waals surface area contributed by atoms with E-state index in [1.165, 1.54) is 12.1 Å². The average Bonchev–Trinajstić information content (AvgIpc) is 2.61. The number of nitrogens with zero attached hydrogens (tertiary/aromatic N) is 3. The number of aromatic nitrogens is 2. The minimum atomic E-state index is -3.65. The number of nitrogens with one attached hydrogen (secondary N) is 1. The van der Waals surface area contributed by atoms with Gasteiger partial charge in [0, 0.05) is 25.8 Å². The fourth-order valence-corrected chi connectivity index (χ4v) is 3.17. The molecule has 0 radical (unpaired) electrons. The van der Waals surface area contributed by atoms with Gasteiger partial charge in [0.2, 0.25) is 16.0 Å². The van der Waals surface area contributed by atoms with Crippen molar-refractivity contribution in [2.75, 3.05) is 29.9 Å². The minimum Gasteiger partial charge on any atom is -0.356 e. The van der Waals surface area contributed by atoms with Crippen LogP contribution in [-0.4, -0.2) is 38.0 Å². The van der Waals surface area contributed by atoms with Gasteiger partial charge in [0.05, 0.1) is 4.90 Å². The van der Waals surface area contributed by atoms with Crippen LogP contribution in [-0.2, 0) is 16.4 Å². The van der Waals surface area contributed by atoms with Gasteiger partial charge >= 0.3 is 0 Å². The Morgan fingerprint density at radius 3 is 2.31 bits per heavy atom. The second kappa shape index (κ2) is 9.49. The van der Waals surface area contributed by atoms with Crippen LogP contribution in [0.15, 0.2) is 41.4 Å². The van der Waals surface area contributed by atoms with Gasteiger partial charge in [-0.25, -0.2) is 18.5 Å². The van der Waals surface area contributed by atoms with Crippen LogP contribution in [0.25, 0.3) is 0 Å². The molecule has 0 atom stereocenters. The van der Waals surface area contributed by atoms with Crippen LogP contribution in [0.1, 0.15) is 32.3 Å². The molecule has 1 heterocycles. The van der Waals surface area contributed by atoms with Gasteiger partial charge in [0.25, 0.3) is 0 Å². The van der Waals surface area contributed by atoms with Gasteiger partial charge in [0.15, 0.2) is 0 Å². The van der Waals surface area contributed by atoms with Gasteiger partial charge in [-0.15, -0.1) is 0 Å². The molecule has 7 nitrogen and oxygen atoms in total. The lowest BCUT2D eigenvalue weighted by Crippen LogP contribution is -2.26. The van der Waals surface area contributed by atoms with Crippen LogP contribution < -0.4 is 15.4 Å². The van der Waals surface area contributed by atoms with E-state index in [1.54, 1.807) is 18.3 Å². The van der Waals surface area contributed by atoms with E-state index in [9.17, 15) is 8.42 Å². The van der Waals surface area contributed by atoms with Crippen LogP contribution in [0.2, 0.25) is 0 Å². The highest BCUT2D eigenvalue weighted by Crippen LogP contribution is 2.14. The van der Waals surface area contributed by atoms with E-state index >= 15 is 0 Å². The van der Waals surface area contributed by atoms with E-state index in [0.717, 1.165) is 43.7 Å². The van der Waals surface area contributed by atoms with Gasteiger partial charge in [-0.3, -0.25) is 0 Å². The van der Waals surface area contributed by atoms with E-state index in [1.807, 2.05) is 6.07 Å². The van der Waals surface area contributed by atoms with Gasteiger partial charge in [0.1, 0.15) is 5.82 Å². The number of rotatable bonds is 10. The quantitative estimate of drug-likeness (QED) is 0.659. The summed E-state index contributed by atoms with van der Waals surface area (Å²) in [6.45, 7) is 6.91. The first kappa shape index (κ1) is 20.1. The maximum Gasteiger partial charge on any atom is 0.238 e. The van der Waals surface area contributed by atoms with Crippen molar-refractivity contribution in [2.24, 2.45) is 5.14 Å². The second-order valence-electron chi connectivity index (χ2n) is 6.09. The SMILES string of the molecule is CCCN(CCC)c1ccnc(NCCc2ccc(S(N)(=O)=O)cc2)n1. The summed E-state index contributed by atoms with van der Waals surface area (Å²) >= 11 is 0. The topological polar surface area (TPSA) is 101 Å². The number of anilines is 2. The van der Waals surface area contributed by atoms with Crippen LogP contribution in [0.5, 0.6) is 0 Å². The zero-order valence-electron chi connectivity index (χ0n) is 15.4. The number of primary sulfonamides is 1. The monoisotopic (exact) mass is 377 g/mol. The number of sulfonamides is 1. The van der Waals surface area contributed by atoms with E-state index in [-0.39, 0.29) is 4.90 Å². The average molecular weight is 378 g/mol. The molecule has 0 aliphatic carbocycles. The summed E-state index contributed by atoms with van der Waals surface area (Å²) in [4.78, 5) is 11.3. The molecule has 0 unspecified atom stereocenters. The van der Waals surface area contributed by atoms with Crippen molar-refractivity contribution < 1.29 is 8.42 Å². The lowest BCUT2D eigenvalue weighted by molar-refractivity contribution is 0.598. The van der Waals surface area contributed by atoms with E-state index in [2.05, 4.69) is 34.0 Å². The maximum absolute atomic E-state index is 11.3. The third kappa shape index (κ3) is 5.96. The number of nitrogens with two attached hydrogens (primary N) is 1. The molecule has 1 aromatic carbocycles. The highest BCUT2D eigenvalue weighted by Gasteiger charge is 2.08. The van der Waals surface area contributed by atoms with Gasteiger partial charge in [-0.1, -0.05) is 26.0 Å². The minimum absolute atomic E-state index is 0.122. The van der Waals surface area contributed by atoms with Crippen LogP contribution in [0.3, 0.4) is 0 Å². The van der Waals surface area contributed by atoms with Gasteiger partial charge < -0.3 is 10.2 Å². The Labute approximate surface area is 155 Å². The molecule has 3 N–H and O–H groups in total. The molecule has 0 amide bonds. The predicted molar refractivity (Wildman–Crippen MR) is 105 cm³/mol. The Hall–Kier alpha value is -2.19. The van der Waals surface area contributed by atoms with Gasteiger partial charge in [-0.05, 0) is 43.0 Å². The Bertz CT molecular complexity index is 787. The zero-order valence-corrected chi connectivity index (χ0v) is 16.2. The van der Waals surface area contributed by atoms with Crippen molar-refractivity contribution in [3.05, 3.63) is 42.1 Å². The Morgan fingerprint density at radius 1 is 1.08 bits per heavy atom. The van der Waals surface area contributed by atoms with Crippen LogP contribution in [0, 0.1) is 0 Å². The summed E-state index contributed by atoms with van der Waals surface area (Å²) in [5.74, 6) is 1.53. The third-order valence-corrected chi connectivity index (χ3v) is 4.83. The summed E-state index contributed by atoms with van der Waals surface area (Å²) in [5.41, 5.74) is 1.01. The highest BCUT2D eigenvalue weighted by molar-refractivity contribution is 7.89.